The summed E-state index contributed by atoms with van der Waals surface area (Å²) in [6.45, 7) is 5.94. The predicted octanol–water partition coefficient (Wildman–Crippen LogP) is 1.97. The van der Waals surface area contributed by atoms with Crippen LogP contribution in [0.5, 0.6) is 0 Å². The molecule has 1 aliphatic carbocycles. The molecule has 0 aromatic carbocycles. The van der Waals surface area contributed by atoms with Gasteiger partial charge in [-0.25, -0.2) is 0 Å². The summed E-state index contributed by atoms with van der Waals surface area (Å²) in [5.74, 6) is 0.991. The smallest absolute Gasteiger partial charge is 0.158 e. The van der Waals surface area contributed by atoms with Crippen LogP contribution < -0.4 is 0 Å². The standard InChI is InChI=1S/C13H22O3/c1-9-6-11(16)7-13(2,3)12(9)5-4-10(15)8-14/h9,12,14H,4-8H2,1-3H3. The molecular weight excluding hydrogens is 204 g/mol. The summed E-state index contributed by atoms with van der Waals surface area (Å²) >= 11 is 0. The van der Waals surface area contributed by atoms with Gasteiger partial charge in [0.2, 0.25) is 0 Å². The van der Waals surface area contributed by atoms with Crippen LogP contribution in [0.1, 0.15) is 46.5 Å². The fraction of sp³-hybridized carbons (Fsp3) is 0.846. The second-order valence-corrected chi connectivity index (χ2v) is 5.73. The van der Waals surface area contributed by atoms with E-state index in [1.54, 1.807) is 0 Å². The maximum absolute atomic E-state index is 11.5. The normalized spacial score (nSPS) is 29.1. The highest BCUT2D eigenvalue weighted by Gasteiger charge is 2.40. The van der Waals surface area contributed by atoms with Gasteiger partial charge in [0.1, 0.15) is 12.4 Å². The van der Waals surface area contributed by atoms with Gasteiger partial charge < -0.3 is 5.11 Å². The van der Waals surface area contributed by atoms with Crippen LogP contribution in [0.25, 0.3) is 0 Å². The van der Waals surface area contributed by atoms with Crippen LogP contribution >= 0.6 is 0 Å². The van der Waals surface area contributed by atoms with E-state index in [9.17, 15) is 9.59 Å². The van der Waals surface area contributed by atoms with Crippen molar-refractivity contribution in [3.8, 4) is 0 Å². The number of hydrogen-bond acceptors (Lipinski definition) is 3. The predicted molar refractivity (Wildman–Crippen MR) is 62.0 cm³/mol. The van der Waals surface area contributed by atoms with Gasteiger partial charge in [-0.15, -0.1) is 0 Å². The fourth-order valence-corrected chi connectivity index (χ4v) is 3.05. The average molecular weight is 226 g/mol. The maximum atomic E-state index is 11.5. The third kappa shape index (κ3) is 3.14. The highest BCUT2D eigenvalue weighted by Crippen LogP contribution is 2.44. The van der Waals surface area contributed by atoms with Gasteiger partial charge in [0.15, 0.2) is 5.78 Å². The molecule has 0 bridgehead atoms. The minimum absolute atomic E-state index is 0.00944. The number of hydrogen-bond donors (Lipinski definition) is 1. The Morgan fingerprint density at radius 1 is 1.50 bits per heavy atom. The number of carbonyl (C=O) groups is 2. The van der Waals surface area contributed by atoms with Gasteiger partial charge in [0.05, 0.1) is 0 Å². The molecule has 1 rings (SSSR count). The minimum atomic E-state index is -0.361. The highest BCUT2D eigenvalue weighted by atomic mass is 16.3. The topological polar surface area (TPSA) is 54.4 Å². The van der Waals surface area contributed by atoms with Gasteiger partial charge in [-0.1, -0.05) is 20.8 Å². The molecule has 0 amide bonds. The quantitative estimate of drug-likeness (QED) is 0.797. The van der Waals surface area contributed by atoms with Crippen molar-refractivity contribution in [2.75, 3.05) is 6.61 Å². The number of ketones is 2. The van der Waals surface area contributed by atoms with Crippen molar-refractivity contribution in [1.29, 1.82) is 0 Å². The first kappa shape index (κ1) is 13.4. The van der Waals surface area contributed by atoms with Crippen LogP contribution in [-0.4, -0.2) is 23.3 Å². The van der Waals surface area contributed by atoms with Crippen LogP contribution in [0.3, 0.4) is 0 Å². The van der Waals surface area contributed by atoms with Crippen LogP contribution in [-0.2, 0) is 9.59 Å². The molecular formula is C13H22O3. The van der Waals surface area contributed by atoms with E-state index in [2.05, 4.69) is 20.8 Å². The van der Waals surface area contributed by atoms with Crippen LogP contribution in [0.4, 0.5) is 0 Å². The summed E-state index contributed by atoms with van der Waals surface area (Å²) < 4.78 is 0. The molecule has 0 spiro atoms. The molecule has 0 aliphatic heterocycles. The maximum Gasteiger partial charge on any atom is 0.158 e. The molecule has 92 valence electrons. The molecule has 2 atom stereocenters. The number of aliphatic hydroxyl groups is 1. The van der Waals surface area contributed by atoms with E-state index < -0.39 is 0 Å². The zero-order chi connectivity index (χ0) is 12.3. The van der Waals surface area contributed by atoms with Crippen molar-refractivity contribution in [2.24, 2.45) is 17.3 Å². The molecule has 0 aromatic rings. The molecule has 2 unspecified atom stereocenters. The third-order valence-electron chi connectivity index (χ3n) is 3.80. The summed E-state index contributed by atoms with van der Waals surface area (Å²) in [5.41, 5.74) is -0.00944. The van der Waals surface area contributed by atoms with E-state index in [1.165, 1.54) is 0 Å². The molecule has 0 heterocycles. The number of aliphatic hydroxyl groups excluding tert-OH is 1. The molecule has 16 heavy (non-hydrogen) atoms. The molecule has 3 nitrogen and oxygen atoms in total. The second-order valence-electron chi connectivity index (χ2n) is 5.73. The SMILES string of the molecule is CC1CC(=O)CC(C)(C)C1CCC(=O)CO. The van der Waals surface area contributed by atoms with Gasteiger partial charge in [0, 0.05) is 19.3 Å². The van der Waals surface area contributed by atoms with Crippen molar-refractivity contribution >= 4 is 11.6 Å². The van der Waals surface area contributed by atoms with E-state index in [0.717, 1.165) is 6.42 Å². The largest absolute Gasteiger partial charge is 0.389 e. The van der Waals surface area contributed by atoms with Crippen molar-refractivity contribution in [2.45, 2.75) is 46.5 Å². The third-order valence-corrected chi connectivity index (χ3v) is 3.80. The van der Waals surface area contributed by atoms with Gasteiger partial charge in [-0.05, 0) is 23.7 Å². The highest BCUT2D eigenvalue weighted by molar-refractivity contribution is 5.81. The lowest BCUT2D eigenvalue weighted by Gasteiger charge is -2.42. The zero-order valence-corrected chi connectivity index (χ0v) is 10.5. The Morgan fingerprint density at radius 3 is 2.62 bits per heavy atom. The Labute approximate surface area is 97.2 Å². The van der Waals surface area contributed by atoms with E-state index in [0.29, 0.717) is 36.9 Å². The van der Waals surface area contributed by atoms with Crippen molar-refractivity contribution in [3.63, 3.8) is 0 Å². The Kier molecular flexibility index (Phi) is 4.25. The van der Waals surface area contributed by atoms with Gasteiger partial charge in [0.25, 0.3) is 0 Å². The van der Waals surface area contributed by atoms with E-state index in [1.807, 2.05) is 0 Å². The van der Waals surface area contributed by atoms with Crippen molar-refractivity contribution in [1.82, 2.24) is 0 Å². The molecule has 1 N–H and O–H groups in total. The first-order valence-corrected chi connectivity index (χ1v) is 6.01. The summed E-state index contributed by atoms with van der Waals surface area (Å²) in [6, 6.07) is 0. The van der Waals surface area contributed by atoms with Crippen LogP contribution in [0.15, 0.2) is 0 Å². The number of rotatable bonds is 4. The Morgan fingerprint density at radius 2 is 2.12 bits per heavy atom. The summed E-state index contributed by atoms with van der Waals surface area (Å²) in [7, 11) is 0. The molecule has 1 saturated carbocycles. The Bertz CT molecular complexity index is 281. The lowest BCUT2D eigenvalue weighted by Crippen LogP contribution is -2.38. The molecule has 0 aromatic heterocycles. The molecule has 1 fully saturated rings. The second kappa shape index (κ2) is 5.09. The summed E-state index contributed by atoms with van der Waals surface area (Å²) in [5, 5.41) is 8.70. The lowest BCUT2D eigenvalue weighted by atomic mass is 9.62. The van der Waals surface area contributed by atoms with Crippen molar-refractivity contribution < 1.29 is 14.7 Å². The van der Waals surface area contributed by atoms with Gasteiger partial charge in [-0.2, -0.15) is 0 Å². The molecule has 3 heteroatoms. The fourth-order valence-electron chi connectivity index (χ4n) is 3.05. The minimum Gasteiger partial charge on any atom is -0.389 e. The average Bonchev–Trinajstić information content (AvgIpc) is 2.14. The van der Waals surface area contributed by atoms with E-state index in [-0.39, 0.29) is 17.8 Å². The summed E-state index contributed by atoms with van der Waals surface area (Å²) in [4.78, 5) is 22.6. The monoisotopic (exact) mass is 226 g/mol. The first-order valence-electron chi connectivity index (χ1n) is 6.01. The Hall–Kier alpha value is -0.700. The molecule has 0 saturated heterocycles. The van der Waals surface area contributed by atoms with Gasteiger partial charge in [-0.3, -0.25) is 9.59 Å². The van der Waals surface area contributed by atoms with E-state index >= 15 is 0 Å². The van der Waals surface area contributed by atoms with Crippen LogP contribution in [0.2, 0.25) is 0 Å². The lowest BCUT2D eigenvalue weighted by molar-refractivity contribution is -0.128. The van der Waals surface area contributed by atoms with Crippen molar-refractivity contribution in [3.05, 3.63) is 0 Å². The zero-order valence-electron chi connectivity index (χ0n) is 10.5. The molecule has 0 radical (unpaired) electrons. The first-order chi connectivity index (χ1) is 7.36. The molecule has 1 aliphatic rings. The van der Waals surface area contributed by atoms with E-state index in [4.69, 9.17) is 5.11 Å². The number of Topliss-reactive ketones (excluding diaryl/α,β-unsaturated/α-hetero) is 2. The van der Waals surface area contributed by atoms with Crippen LogP contribution in [0, 0.1) is 17.3 Å². The number of carbonyl (C=O) groups excluding carboxylic acids is 2. The Balaban J connectivity index is 2.62. The van der Waals surface area contributed by atoms with Gasteiger partial charge >= 0.3 is 0 Å². The summed E-state index contributed by atoms with van der Waals surface area (Å²) in [6.07, 6.45) is 2.49.